The van der Waals surface area contributed by atoms with Gasteiger partial charge in [-0.05, 0) is 81.5 Å². The largest absolute Gasteiger partial charge is 0.478 e. The number of aryl methyl sites for hydroxylation is 1. The number of nitrogens with zero attached hydrogens (tertiary/aromatic N) is 1. The van der Waals surface area contributed by atoms with Crippen LogP contribution in [0.5, 0.6) is 0 Å². The Balaban J connectivity index is 1.65. The SMILES string of the molecule is Cc1cc2c(cc1C(=O)O)NC(=O)/C2=C(/Nc1ccc(C(=O)NCCCN(C)C)cc1)c1ccccc1. The van der Waals surface area contributed by atoms with Gasteiger partial charge in [0.1, 0.15) is 0 Å². The maximum absolute atomic E-state index is 13.1. The van der Waals surface area contributed by atoms with E-state index < -0.39 is 5.97 Å². The molecule has 0 aliphatic carbocycles. The molecule has 0 unspecified atom stereocenters. The number of hydrogen-bond acceptors (Lipinski definition) is 5. The van der Waals surface area contributed by atoms with Crippen LogP contribution in [0.3, 0.4) is 0 Å². The Bertz CT molecular complexity index is 1360. The summed E-state index contributed by atoms with van der Waals surface area (Å²) in [5, 5.41) is 18.6. The van der Waals surface area contributed by atoms with Crippen molar-refractivity contribution in [3.8, 4) is 0 Å². The Hall–Kier alpha value is -4.43. The number of carbonyl (C=O) groups is 3. The van der Waals surface area contributed by atoms with Crippen LogP contribution in [0.2, 0.25) is 0 Å². The van der Waals surface area contributed by atoms with Crippen LogP contribution in [0.4, 0.5) is 11.4 Å². The molecule has 2 amide bonds. The molecule has 0 bridgehead atoms. The third kappa shape index (κ3) is 5.87. The molecule has 190 valence electrons. The van der Waals surface area contributed by atoms with Gasteiger partial charge in [0.15, 0.2) is 0 Å². The molecule has 0 saturated carbocycles. The first-order valence-electron chi connectivity index (χ1n) is 12.0. The van der Waals surface area contributed by atoms with Gasteiger partial charge in [0.05, 0.1) is 22.5 Å². The Morgan fingerprint density at radius 2 is 1.68 bits per heavy atom. The average molecular weight is 499 g/mol. The number of anilines is 2. The molecule has 1 heterocycles. The summed E-state index contributed by atoms with van der Waals surface area (Å²) < 4.78 is 0. The summed E-state index contributed by atoms with van der Waals surface area (Å²) in [5.74, 6) is -1.51. The first kappa shape index (κ1) is 25.7. The van der Waals surface area contributed by atoms with Gasteiger partial charge in [-0.2, -0.15) is 0 Å². The van der Waals surface area contributed by atoms with E-state index in [9.17, 15) is 19.5 Å². The summed E-state index contributed by atoms with van der Waals surface area (Å²) in [6.07, 6.45) is 0.864. The van der Waals surface area contributed by atoms with Crippen LogP contribution in [-0.4, -0.2) is 55.0 Å². The van der Waals surface area contributed by atoms with Crippen molar-refractivity contribution in [1.82, 2.24) is 10.2 Å². The van der Waals surface area contributed by atoms with Crippen molar-refractivity contribution in [2.45, 2.75) is 13.3 Å². The summed E-state index contributed by atoms with van der Waals surface area (Å²) >= 11 is 0. The minimum atomic E-state index is -1.05. The molecular weight excluding hydrogens is 468 g/mol. The van der Waals surface area contributed by atoms with E-state index in [-0.39, 0.29) is 17.4 Å². The molecule has 0 spiro atoms. The van der Waals surface area contributed by atoms with Gasteiger partial charge < -0.3 is 26.0 Å². The fourth-order valence-corrected chi connectivity index (χ4v) is 4.24. The Labute approximate surface area is 216 Å². The summed E-state index contributed by atoms with van der Waals surface area (Å²) in [6, 6.07) is 19.7. The molecule has 3 aromatic carbocycles. The minimum absolute atomic E-state index is 0.138. The Morgan fingerprint density at radius 3 is 2.32 bits per heavy atom. The molecule has 1 aliphatic heterocycles. The van der Waals surface area contributed by atoms with Crippen molar-refractivity contribution in [1.29, 1.82) is 0 Å². The third-order valence-corrected chi connectivity index (χ3v) is 6.14. The molecule has 0 aromatic heterocycles. The lowest BCUT2D eigenvalue weighted by atomic mass is 9.96. The lowest BCUT2D eigenvalue weighted by Gasteiger charge is -2.15. The quantitative estimate of drug-likeness (QED) is 0.259. The van der Waals surface area contributed by atoms with Crippen LogP contribution in [0, 0.1) is 6.92 Å². The van der Waals surface area contributed by atoms with Crippen molar-refractivity contribution in [3.05, 3.63) is 94.5 Å². The second-order valence-electron chi connectivity index (χ2n) is 9.20. The predicted octanol–water partition coefficient (Wildman–Crippen LogP) is 4.31. The van der Waals surface area contributed by atoms with E-state index in [1.165, 1.54) is 6.07 Å². The van der Waals surface area contributed by atoms with E-state index in [2.05, 4.69) is 20.9 Å². The highest BCUT2D eigenvalue weighted by molar-refractivity contribution is 6.37. The number of nitrogens with one attached hydrogen (secondary N) is 3. The number of benzene rings is 3. The number of amides is 2. The second-order valence-corrected chi connectivity index (χ2v) is 9.20. The van der Waals surface area contributed by atoms with E-state index in [1.807, 2.05) is 44.4 Å². The van der Waals surface area contributed by atoms with Crippen LogP contribution in [0.15, 0.2) is 66.7 Å². The van der Waals surface area contributed by atoms with E-state index >= 15 is 0 Å². The molecule has 0 fully saturated rings. The minimum Gasteiger partial charge on any atom is -0.478 e. The molecule has 0 saturated heterocycles. The van der Waals surface area contributed by atoms with Gasteiger partial charge in [-0.25, -0.2) is 4.79 Å². The van der Waals surface area contributed by atoms with Gasteiger partial charge in [0, 0.05) is 23.4 Å². The van der Waals surface area contributed by atoms with Crippen LogP contribution >= 0.6 is 0 Å². The highest BCUT2D eigenvalue weighted by Crippen LogP contribution is 2.39. The predicted molar refractivity (Wildman–Crippen MR) is 146 cm³/mol. The molecule has 0 atom stereocenters. The van der Waals surface area contributed by atoms with Gasteiger partial charge in [-0.1, -0.05) is 30.3 Å². The number of rotatable bonds is 9. The molecule has 1 aliphatic rings. The molecule has 8 nitrogen and oxygen atoms in total. The highest BCUT2D eigenvalue weighted by Gasteiger charge is 2.30. The first-order chi connectivity index (χ1) is 17.7. The monoisotopic (exact) mass is 498 g/mol. The van der Waals surface area contributed by atoms with Crippen LogP contribution < -0.4 is 16.0 Å². The normalized spacial score (nSPS) is 13.7. The van der Waals surface area contributed by atoms with Crippen molar-refractivity contribution in [3.63, 3.8) is 0 Å². The zero-order chi connectivity index (χ0) is 26.5. The van der Waals surface area contributed by atoms with Crippen molar-refractivity contribution < 1.29 is 19.5 Å². The number of fused-ring (bicyclic) bond motifs is 1. The number of aromatic carboxylic acids is 1. The molecule has 0 radical (unpaired) electrons. The van der Waals surface area contributed by atoms with Crippen LogP contribution in [0.25, 0.3) is 11.3 Å². The molecule has 8 heteroatoms. The number of carboxylic acids is 1. The van der Waals surface area contributed by atoms with E-state index in [4.69, 9.17) is 0 Å². The Morgan fingerprint density at radius 1 is 0.973 bits per heavy atom. The number of carboxylic acid groups (broad SMARTS) is 1. The lowest BCUT2D eigenvalue weighted by molar-refractivity contribution is -0.110. The fourth-order valence-electron chi connectivity index (χ4n) is 4.24. The Kier molecular flexibility index (Phi) is 7.69. The van der Waals surface area contributed by atoms with E-state index in [1.54, 1.807) is 37.3 Å². The summed E-state index contributed by atoms with van der Waals surface area (Å²) in [4.78, 5) is 39.3. The topological polar surface area (TPSA) is 111 Å². The van der Waals surface area contributed by atoms with Crippen molar-refractivity contribution in [2.75, 3.05) is 37.8 Å². The van der Waals surface area contributed by atoms with Gasteiger partial charge in [0.25, 0.3) is 11.8 Å². The third-order valence-electron chi connectivity index (χ3n) is 6.14. The van der Waals surface area contributed by atoms with E-state index in [0.29, 0.717) is 45.9 Å². The number of carbonyl (C=O) groups excluding carboxylic acids is 2. The van der Waals surface area contributed by atoms with E-state index in [0.717, 1.165) is 18.5 Å². The smallest absolute Gasteiger partial charge is 0.336 e. The first-order valence-corrected chi connectivity index (χ1v) is 12.0. The van der Waals surface area contributed by atoms with Gasteiger partial charge in [-0.3, -0.25) is 9.59 Å². The maximum atomic E-state index is 13.1. The summed E-state index contributed by atoms with van der Waals surface area (Å²) in [7, 11) is 3.99. The molecule has 4 rings (SSSR count). The van der Waals surface area contributed by atoms with Gasteiger partial charge >= 0.3 is 5.97 Å². The standard InChI is InChI=1S/C29H30N4O4/c1-18-16-23-24(17-22(18)29(36)37)32-28(35)25(23)26(19-8-5-4-6-9-19)31-21-12-10-20(11-13-21)27(34)30-14-7-15-33(2)3/h4-6,8-13,16-17,31H,7,14-15H2,1-3H3,(H,30,34)(H,32,35)(H,36,37)/b26-25+. The van der Waals surface area contributed by atoms with Crippen molar-refractivity contribution >= 4 is 40.4 Å². The maximum Gasteiger partial charge on any atom is 0.336 e. The summed E-state index contributed by atoms with van der Waals surface area (Å²) in [5.41, 5.74) is 4.85. The zero-order valence-electron chi connectivity index (χ0n) is 21.1. The summed E-state index contributed by atoms with van der Waals surface area (Å²) in [6.45, 7) is 3.21. The van der Waals surface area contributed by atoms with Gasteiger partial charge in [0.2, 0.25) is 0 Å². The number of hydrogen-bond donors (Lipinski definition) is 4. The van der Waals surface area contributed by atoms with Crippen molar-refractivity contribution in [2.24, 2.45) is 0 Å². The average Bonchev–Trinajstić information content (AvgIpc) is 3.19. The molecular formula is C29H30N4O4. The highest BCUT2D eigenvalue weighted by atomic mass is 16.4. The zero-order valence-corrected chi connectivity index (χ0v) is 21.1. The van der Waals surface area contributed by atoms with Crippen LogP contribution in [-0.2, 0) is 4.79 Å². The fraction of sp³-hybridized carbons (Fsp3) is 0.207. The molecule has 37 heavy (non-hydrogen) atoms. The lowest BCUT2D eigenvalue weighted by Crippen LogP contribution is -2.27. The van der Waals surface area contributed by atoms with Gasteiger partial charge in [-0.15, -0.1) is 0 Å². The molecule has 3 aromatic rings. The second kappa shape index (κ2) is 11.1. The molecule has 4 N–H and O–H groups in total. The van der Waals surface area contributed by atoms with Crippen LogP contribution in [0.1, 0.15) is 43.8 Å².